The Morgan fingerprint density at radius 3 is 3.00 bits per heavy atom. The first-order valence-corrected chi connectivity index (χ1v) is 7.51. The molecule has 0 saturated carbocycles. The van der Waals surface area contributed by atoms with Gasteiger partial charge in [-0.3, -0.25) is 4.79 Å². The quantitative estimate of drug-likeness (QED) is 0.755. The van der Waals surface area contributed by atoms with E-state index in [2.05, 4.69) is 21.7 Å². The number of hydrogen-bond donors (Lipinski definition) is 2. The van der Waals surface area contributed by atoms with Gasteiger partial charge in [0.05, 0.1) is 11.1 Å². The first kappa shape index (κ1) is 12.9. The Hall–Kier alpha value is -2.07. The number of para-hydroxylation sites is 1. The molecule has 3 nitrogen and oxygen atoms in total. The molecule has 1 unspecified atom stereocenters. The molecule has 0 fully saturated rings. The number of rotatable bonds is 4. The molecule has 0 aliphatic heterocycles. The Labute approximate surface area is 121 Å². The predicted octanol–water partition coefficient (Wildman–Crippen LogP) is 3.59. The second-order valence-electron chi connectivity index (χ2n) is 4.91. The molecule has 102 valence electrons. The Morgan fingerprint density at radius 1 is 1.30 bits per heavy atom. The van der Waals surface area contributed by atoms with Crippen LogP contribution in [-0.4, -0.2) is 16.9 Å². The van der Waals surface area contributed by atoms with Gasteiger partial charge in [-0.15, -0.1) is 11.3 Å². The van der Waals surface area contributed by atoms with Gasteiger partial charge in [-0.2, -0.15) is 0 Å². The van der Waals surface area contributed by atoms with Crippen molar-refractivity contribution in [2.75, 3.05) is 0 Å². The summed E-state index contributed by atoms with van der Waals surface area (Å²) in [7, 11) is 0. The summed E-state index contributed by atoms with van der Waals surface area (Å²) in [6.45, 7) is 2.03. The molecule has 4 heteroatoms. The normalized spacial score (nSPS) is 12.4. The molecular weight excluding hydrogens is 268 g/mol. The number of carbonyl (C=O) groups excluding carboxylic acids is 1. The Kier molecular flexibility index (Phi) is 3.56. The van der Waals surface area contributed by atoms with Crippen LogP contribution in [0.15, 0.2) is 48.0 Å². The molecular formula is C16H16N2OS. The average Bonchev–Trinajstić information content (AvgIpc) is 3.08. The van der Waals surface area contributed by atoms with E-state index >= 15 is 0 Å². The van der Waals surface area contributed by atoms with E-state index in [1.807, 2.05) is 43.5 Å². The van der Waals surface area contributed by atoms with E-state index in [0.29, 0.717) is 5.56 Å². The maximum Gasteiger partial charge on any atom is 0.253 e. The van der Waals surface area contributed by atoms with Gasteiger partial charge in [0.2, 0.25) is 0 Å². The summed E-state index contributed by atoms with van der Waals surface area (Å²) in [6.07, 6.45) is 2.72. The van der Waals surface area contributed by atoms with Gasteiger partial charge in [-0.1, -0.05) is 18.2 Å². The Morgan fingerprint density at radius 2 is 2.20 bits per heavy atom. The van der Waals surface area contributed by atoms with Gasteiger partial charge < -0.3 is 10.3 Å². The standard InChI is InChI=1S/C16H16N2OS/c1-11(10-13-5-3-9-20-13)18-16(19)14-6-2-4-12-7-8-17-15(12)14/h2-9,11,17H,10H2,1H3,(H,18,19). The van der Waals surface area contributed by atoms with Gasteiger partial charge in [0, 0.05) is 28.9 Å². The highest BCUT2D eigenvalue weighted by Crippen LogP contribution is 2.17. The van der Waals surface area contributed by atoms with E-state index in [-0.39, 0.29) is 11.9 Å². The fourth-order valence-electron chi connectivity index (χ4n) is 2.36. The molecule has 0 saturated heterocycles. The summed E-state index contributed by atoms with van der Waals surface area (Å²) in [4.78, 5) is 16.8. The lowest BCUT2D eigenvalue weighted by Gasteiger charge is -2.13. The van der Waals surface area contributed by atoms with Crippen LogP contribution in [0.25, 0.3) is 10.9 Å². The number of thiophene rings is 1. The minimum Gasteiger partial charge on any atom is -0.361 e. The monoisotopic (exact) mass is 284 g/mol. The molecule has 1 aromatic carbocycles. The smallest absolute Gasteiger partial charge is 0.253 e. The zero-order chi connectivity index (χ0) is 13.9. The van der Waals surface area contributed by atoms with Crippen LogP contribution in [0.3, 0.4) is 0 Å². The SMILES string of the molecule is CC(Cc1cccs1)NC(=O)c1cccc2cc[nH]c12. The second-order valence-corrected chi connectivity index (χ2v) is 5.94. The van der Waals surface area contributed by atoms with Crippen molar-refractivity contribution in [3.05, 3.63) is 58.4 Å². The largest absolute Gasteiger partial charge is 0.361 e. The number of aromatic nitrogens is 1. The molecule has 0 aliphatic carbocycles. The minimum absolute atomic E-state index is 0.0258. The third kappa shape index (κ3) is 2.60. The average molecular weight is 284 g/mol. The summed E-state index contributed by atoms with van der Waals surface area (Å²) in [5, 5.41) is 6.18. The first-order valence-electron chi connectivity index (χ1n) is 6.63. The highest BCUT2D eigenvalue weighted by Gasteiger charge is 2.13. The number of H-pyrrole nitrogens is 1. The molecule has 2 N–H and O–H groups in total. The number of nitrogens with one attached hydrogen (secondary N) is 2. The number of carbonyl (C=O) groups is 1. The number of hydrogen-bond acceptors (Lipinski definition) is 2. The Balaban J connectivity index is 1.74. The fourth-order valence-corrected chi connectivity index (χ4v) is 3.19. The van der Waals surface area contributed by atoms with Crippen LogP contribution in [0.2, 0.25) is 0 Å². The molecule has 1 atom stereocenters. The predicted molar refractivity (Wildman–Crippen MR) is 83.2 cm³/mol. The van der Waals surface area contributed by atoms with Crippen LogP contribution in [0.1, 0.15) is 22.2 Å². The molecule has 0 aliphatic rings. The third-order valence-corrected chi connectivity index (χ3v) is 4.20. The molecule has 2 heterocycles. The van der Waals surface area contributed by atoms with Gasteiger partial charge in [-0.05, 0) is 30.5 Å². The third-order valence-electron chi connectivity index (χ3n) is 3.30. The molecule has 3 aromatic rings. The van der Waals surface area contributed by atoms with E-state index < -0.39 is 0 Å². The van der Waals surface area contributed by atoms with Crippen LogP contribution in [0.4, 0.5) is 0 Å². The summed E-state index contributed by atoms with van der Waals surface area (Å²) >= 11 is 1.72. The summed E-state index contributed by atoms with van der Waals surface area (Å²) in [5.41, 5.74) is 1.60. The van der Waals surface area contributed by atoms with E-state index in [9.17, 15) is 4.79 Å². The molecule has 20 heavy (non-hydrogen) atoms. The van der Waals surface area contributed by atoms with Crippen LogP contribution in [-0.2, 0) is 6.42 Å². The zero-order valence-electron chi connectivity index (χ0n) is 11.2. The molecule has 0 bridgehead atoms. The van der Waals surface area contributed by atoms with E-state index in [1.54, 1.807) is 11.3 Å². The highest BCUT2D eigenvalue weighted by molar-refractivity contribution is 7.09. The molecule has 0 spiro atoms. The lowest BCUT2D eigenvalue weighted by Crippen LogP contribution is -2.34. The zero-order valence-corrected chi connectivity index (χ0v) is 12.0. The molecule has 0 radical (unpaired) electrons. The number of amides is 1. The van der Waals surface area contributed by atoms with Crippen molar-refractivity contribution in [2.45, 2.75) is 19.4 Å². The highest BCUT2D eigenvalue weighted by atomic mass is 32.1. The van der Waals surface area contributed by atoms with E-state index in [0.717, 1.165) is 17.3 Å². The number of fused-ring (bicyclic) bond motifs is 1. The number of benzene rings is 1. The summed E-state index contributed by atoms with van der Waals surface area (Å²) in [6, 6.07) is 12.0. The van der Waals surface area contributed by atoms with Crippen molar-refractivity contribution in [3.63, 3.8) is 0 Å². The van der Waals surface area contributed by atoms with Crippen molar-refractivity contribution < 1.29 is 4.79 Å². The molecule has 3 rings (SSSR count). The minimum atomic E-state index is -0.0258. The van der Waals surface area contributed by atoms with E-state index in [4.69, 9.17) is 0 Å². The van der Waals surface area contributed by atoms with Gasteiger partial charge in [0.25, 0.3) is 5.91 Å². The van der Waals surface area contributed by atoms with Crippen molar-refractivity contribution in [1.82, 2.24) is 10.3 Å². The lowest BCUT2D eigenvalue weighted by molar-refractivity contribution is 0.0942. The summed E-state index contributed by atoms with van der Waals surface area (Å²) < 4.78 is 0. The van der Waals surface area contributed by atoms with Crippen molar-refractivity contribution >= 4 is 28.1 Å². The van der Waals surface area contributed by atoms with Crippen LogP contribution in [0.5, 0.6) is 0 Å². The van der Waals surface area contributed by atoms with Crippen LogP contribution < -0.4 is 5.32 Å². The lowest BCUT2D eigenvalue weighted by atomic mass is 10.1. The topological polar surface area (TPSA) is 44.9 Å². The molecule has 1 amide bonds. The van der Waals surface area contributed by atoms with E-state index in [1.165, 1.54) is 4.88 Å². The van der Waals surface area contributed by atoms with Gasteiger partial charge in [0.1, 0.15) is 0 Å². The Bertz CT molecular complexity index is 715. The van der Waals surface area contributed by atoms with Gasteiger partial charge in [0.15, 0.2) is 0 Å². The molecule has 2 aromatic heterocycles. The van der Waals surface area contributed by atoms with Crippen LogP contribution >= 0.6 is 11.3 Å². The van der Waals surface area contributed by atoms with Crippen molar-refractivity contribution in [1.29, 1.82) is 0 Å². The maximum absolute atomic E-state index is 12.4. The fraction of sp³-hybridized carbons (Fsp3) is 0.188. The number of aromatic amines is 1. The summed E-state index contributed by atoms with van der Waals surface area (Å²) in [5.74, 6) is -0.0258. The van der Waals surface area contributed by atoms with Gasteiger partial charge >= 0.3 is 0 Å². The maximum atomic E-state index is 12.4. The second kappa shape index (κ2) is 5.51. The van der Waals surface area contributed by atoms with Crippen molar-refractivity contribution in [2.24, 2.45) is 0 Å². The first-order chi connectivity index (χ1) is 9.74. The van der Waals surface area contributed by atoms with Crippen LogP contribution in [0, 0.1) is 0 Å². The van der Waals surface area contributed by atoms with Crippen molar-refractivity contribution in [3.8, 4) is 0 Å². The van der Waals surface area contributed by atoms with Gasteiger partial charge in [-0.25, -0.2) is 0 Å².